The summed E-state index contributed by atoms with van der Waals surface area (Å²) >= 11 is 0.977. The van der Waals surface area contributed by atoms with Gasteiger partial charge in [0.05, 0.1) is 0 Å². The molecular formula is C10H14N2O5S2. The average molecular weight is 306 g/mol. The molecule has 7 nitrogen and oxygen atoms in total. The molecule has 106 valence electrons. The lowest BCUT2D eigenvalue weighted by atomic mass is 10.1. The number of nitrogens with one attached hydrogen (secondary N) is 1. The van der Waals surface area contributed by atoms with Gasteiger partial charge in [-0.3, -0.25) is 13.9 Å². The lowest BCUT2D eigenvalue weighted by Gasteiger charge is -2.39. The van der Waals surface area contributed by atoms with Crippen LogP contribution in [-0.4, -0.2) is 48.6 Å². The molecule has 4 N–H and O–H groups in total. The van der Waals surface area contributed by atoms with Crippen LogP contribution in [0.15, 0.2) is 5.38 Å². The van der Waals surface area contributed by atoms with Gasteiger partial charge in [-0.25, -0.2) is 9.78 Å². The Balaban J connectivity index is 1.92. The molecule has 0 unspecified atom stereocenters. The zero-order valence-corrected chi connectivity index (χ0v) is 11.5. The highest BCUT2D eigenvalue weighted by Gasteiger charge is 2.26. The quantitative estimate of drug-likeness (QED) is 0.671. The smallest absolute Gasteiger partial charge is 0.355 e. The standard InChI is InChI=1S/C10H14N2O5S2/c13-8(9-12-7(5-18-9)10(14)15)11-6-1-3-19(16,17)4-2-6/h5-6,16-17H,1-4H2,(H,11,13)(H,14,15). The molecule has 0 aromatic carbocycles. The van der Waals surface area contributed by atoms with Gasteiger partial charge in [-0.05, 0) is 12.8 Å². The molecule has 0 bridgehead atoms. The lowest BCUT2D eigenvalue weighted by Crippen LogP contribution is -2.39. The number of amides is 1. The summed E-state index contributed by atoms with van der Waals surface area (Å²) in [7, 11) is -2.47. The number of thiazole rings is 1. The van der Waals surface area contributed by atoms with Gasteiger partial charge in [0.25, 0.3) is 5.91 Å². The van der Waals surface area contributed by atoms with Crippen molar-refractivity contribution in [3.8, 4) is 0 Å². The van der Waals surface area contributed by atoms with Crippen molar-refractivity contribution in [2.75, 3.05) is 11.5 Å². The van der Waals surface area contributed by atoms with Crippen LogP contribution in [0.1, 0.15) is 33.1 Å². The van der Waals surface area contributed by atoms with Crippen LogP contribution < -0.4 is 5.32 Å². The number of hydrogen-bond acceptors (Lipinski definition) is 6. The maximum absolute atomic E-state index is 11.8. The molecule has 0 radical (unpaired) electrons. The molecule has 2 rings (SSSR count). The van der Waals surface area contributed by atoms with Gasteiger partial charge in [0, 0.05) is 22.9 Å². The lowest BCUT2D eigenvalue weighted by molar-refractivity contribution is 0.0691. The van der Waals surface area contributed by atoms with Crippen molar-refractivity contribution in [1.29, 1.82) is 0 Å². The zero-order chi connectivity index (χ0) is 14.0. The number of carbonyl (C=O) groups is 2. The average Bonchev–Trinajstić information content (AvgIpc) is 2.81. The van der Waals surface area contributed by atoms with Crippen LogP contribution in [0.4, 0.5) is 0 Å². The van der Waals surface area contributed by atoms with Crippen molar-refractivity contribution in [2.24, 2.45) is 0 Å². The SMILES string of the molecule is O=C(O)c1csc(C(=O)NC2CCS(O)(O)CC2)n1. The molecule has 9 heteroatoms. The number of hydrogen-bond donors (Lipinski definition) is 4. The number of carboxylic acid groups (broad SMARTS) is 1. The molecule has 1 aromatic rings. The number of aromatic carboxylic acids is 1. The van der Waals surface area contributed by atoms with E-state index in [1.165, 1.54) is 5.38 Å². The fourth-order valence-corrected chi connectivity index (χ4v) is 4.00. The second-order valence-corrected chi connectivity index (χ2v) is 7.58. The summed E-state index contributed by atoms with van der Waals surface area (Å²) in [5, 5.41) is 12.9. The molecule has 1 fully saturated rings. The first-order valence-electron chi connectivity index (χ1n) is 5.61. The van der Waals surface area contributed by atoms with Crippen molar-refractivity contribution in [3.63, 3.8) is 0 Å². The largest absolute Gasteiger partial charge is 0.476 e. The third-order valence-corrected chi connectivity index (χ3v) is 5.46. The summed E-state index contributed by atoms with van der Waals surface area (Å²) in [6, 6.07) is -0.121. The molecule has 0 aliphatic carbocycles. The summed E-state index contributed by atoms with van der Waals surface area (Å²) in [6.45, 7) is 0. The maximum Gasteiger partial charge on any atom is 0.355 e. The highest BCUT2D eigenvalue weighted by Crippen LogP contribution is 2.43. The second-order valence-electron chi connectivity index (χ2n) is 4.30. The fourth-order valence-electron chi connectivity index (χ4n) is 1.78. The molecule has 0 spiro atoms. The Hall–Kier alpha value is -1.16. The van der Waals surface area contributed by atoms with Crippen LogP contribution in [0.25, 0.3) is 0 Å². The van der Waals surface area contributed by atoms with Gasteiger partial charge in [-0.1, -0.05) is 0 Å². The van der Waals surface area contributed by atoms with Gasteiger partial charge in [0.2, 0.25) is 0 Å². The van der Waals surface area contributed by atoms with Crippen molar-refractivity contribution in [2.45, 2.75) is 18.9 Å². The topological polar surface area (TPSA) is 120 Å². The predicted molar refractivity (Wildman–Crippen MR) is 72.1 cm³/mol. The number of aromatic nitrogens is 1. The van der Waals surface area contributed by atoms with E-state index in [4.69, 9.17) is 5.11 Å². The van der Waals surface area contributed by atoms with Crippen molar-refractivity contribution >= 4 is 33.8 Å². The number of nitrogens with zero attached hydrogens (tertiary/aromatic N) is 1. The van der Waals surface area contributed by atoms with E-state index in [1.807, 2.05) is 0 Å². The predicted octanol–water partition coefficient (Wildman–Crippen LogP) is 1.48. The van der Waals surface area contributed by atoms with Gasteiger partial charge < -0.3 is 10.4 Å². The minimum atomic E-state index is -2.47. The monoisotopic (exact) mass is 306 g/mol. The highest BCUT2D eigenvalue weighted by molar-refractivity contribution is 8.24. The molecule has 1 saturated heterocycles. The third-order valence-electron chi connectivity index (χ3n) is 2.84. The highest BCUT2D eigenvalue weighted by atomic mass is 32.3. The summed E-state index contributed by atoms with van der Waals surface area (Å²) in [6.07, 6.45) is 1.01. The molecule has 1 aromatic heterocycles. The van der Waals surface area contributed by atoms with Crippen LogP contribution in [-0.2, 0) is 0 Å². The van der Waals surface area contributed by atoms with Crippen molar-refractivity contribution in [1.82, 2.24) is 10.3 Å². The Bertz CT molecular complexity index is 492. The molecule has 1 aliphatic rings. The van der Waals surface area contributed by atoms with Gasteiger partial charge in [0.1, 0.15) is 0 Å². The minimum Gasteiger partial charge on any atom is -0.476 e. The number of carboxylic acids is 1. The molecule has 0 atom stereocenters. The van der Waals surface area contributed by atoms with E-state index in [1.54, 1.807) is 0 Å². The third kappa shape index (κ3) is 3.66. The Labute approximate surface area is 115 Å². The summed E-state index contributed by atoms with van der Waals surface area (Å²) < 4.78 is 18.9. The molecule has 1 aliphatic heterocycles. The molecule has 19 heavy (non-hydrogen) atoms. The van der Waals surface area contributed by atoms with Crippen LogP contribution in [0, 0.1) is 0 Å². The van der Waals surface area contributed by atoms with Crippen LogP contribution >= 0.6 is 21.9 Å². The Morgan fingerprint density at radius 1 is 1.37 bits per heavy atom. The first kappa shape index (κ1) is 14.3. The molecular weight excluding hydrogens is 292 g/mol. The van der Waals surface area contributed by atoms with Crippen LogP contribution in [0.5, 0.6) is 0 Å². The van der Waals surface area contributed by atoms with Gasteiger partial charge >= 0.3 is 5.97 Å². The summed E-state index contributed by atoms with van der Waals surface area (Å²) in [5.74, 6) is -1.00. The zero-order valence-electron chi connectivity index (χ0n) is 9.90. The van der Waals surface area contributed by atoms with Crippen molar-refractivity contribution in [3.05, 3.63) is 16.1 Å². The minimum absolute atomic E-state index is 0.106. The van der Waals surface area contributed by atoms with E-state index in [0.717, 1.165) is 11.3 Å². The van der Waals surface area contributed by atoms with Gasteiger partial charge in [-0.2, -0.15) is 10.6 Å². The van der Waals surface area contributed by atoms with E-state index < -0.39 is 22.5 Å². The fraction of sp³-hybridized carbons (Fsp3) is 0.500. The van der Waals surface area contributed by atoms with E-state index in [-0.39, 0.29) is 28.2 Å². The molecule has 2 heterocycles. The Morgan fingerprint density at radius 2 is 2.00 bits per heavy atom. The maximum atomic E-state index is 11.8. The number of rotatable bonds is 3. The van der Waals surface area contributed by atoms with E-state index in [9.17, 15) is 18.7 Å². The number of carbonyl (C=O) groups excluding carboxylic acids is 1. The molecule has 1 amide bonds. The van der Waals surface area contributed by atoms with Gasteiger partial charge in [0.15, 0.2) is 10.7 Å². The summed E-state index contributed by atoms with van der Waals surface area (Å²) in [5.41, 5.74) is -0.145. The Morgan fingerprint density at radius 3 is 2.53 bits per heavy atom. The first-order valence-corrected chi connectivity index (χ1v) is 8.37. The molecule has 0 saturated carbocycles. The van der Waals surface area contributed by atoms with E-state index in [0.29, 0.717) is 12.8 Å². The van der Waals surface area contributed by atoms with Crippen LogP contribution in [0.2, 0.25) is 0 Å². The normalized spacial score (nSPS) is 20.7. The second kappa shape index (κ2) is 5.45. The summed E-state index contributed by atoms with van der Waals surface area (Å²) in [4.78, 5) is 26.2. The van der Waals surface area contributed by atoms with E-state index in [2.05, 4.69) is 10.3 Å². The van der Waals surface area contributed by atoms with Crippen LogP contribution in [0.3, 0.4) is 0 Å². The van der Waals surface area contributed by atoms with Gasteiger partial charge in [-0.15, -0.1) is 11.3 Å². The van der Waals surface area contributed by atoms with E-state index >= 15 is 0 Å². The first-order chi connectivity index (χ1) is 8.87. The van der Waals surface area contributed by atoms with Crippen molar-refractivity contribution < 1.29 is 23.8 Å². The Kier molecular flexibility index (Phi) is 4.09.